The van der Waals surface area contributed by atoms with Gasteiger partial charge >= 0.3 is 0 Å². The van der Waals surface area contributed by atoms with Crippen LogP contribution in [0.15, 0.2) is 35.1 Å². The molecule has 0 saturated carbocycles. The van der Waals surface area contributed by atoms with E-state index in [1.54, 1.807) is 13.3 Å². The van der Waals surface area contributed by atoms with Gasteiger partial charge in [0.15, 0.2) is 0 Å². The molecule has 2 rings (SSSR count). The molecule has 5 heteroatoms. The Hall–Kier alpha value is -1.33. The zero-order valence-electron chi connectivity index (χ0n) is 10.6. The summed E-state index contributed by atoms with van der Waals surface area (Å²) in [6.45, 7) is 0. The summed E-state index contributed by atoms with van der Waals surface area (Å²) in [6.07, 6.45) is 3.73. The number of benzene rings is 1. The molecule has 0 amide bonds. The van der Waals surface area contributed by atoms with Gasteiger partial charge in [0.1, 0.15) is 11.6 Å². The maximum Gasteiger partial charge on any atom is 0.130 e. The molecule has 1 aromatic heterocycles. The van der Waals surface area contributed by atoms with Crippen molar-refractivity contribution in [3.05, 3.63) is 46.5 Å². The quantitative estimate of drug-likeness (QED) is 0.943. The van der Waals surface area contributed by atoms with Gasteiger partial charge in [-0.3, -0.25) is 0 Å². The highest BCUT2D eigenvalue weighted by Gasteiger charge is 2.20. The van der Waals surface area contributed by atoms with Gasteiger partial charge in [0.25, 0.3) is 0 Å². The first kappa shape index (κ1) is 13.1. The number of ether oxygens (including phenoxy) is 1. The minimum atomic E-state index is 0.00745. The van der Waals surface area contributed by atoms with Crippen molar-refractivity contribution in [1.82, 2.24) is 14.9 Å². The lowest BCUT2D eigenvalue weighted by molar-refractivity contribution is 0.403. The topological polar surface area (TPSA) is 39.1 Å². The molecule has 0 spiro atoms. The van der Waals surface area contributed by atoms with Crippen LogP contribution in [0.25, 0.3) is 0 Å². The van der Waals surface area contributed by atoms with Crippen LogP contribution in [-0.2, 0) is 7.05 Å². The molecule has 1 aromatic carbocycles. The summed E-state index contributed by atoms with van der Waals surface area (Å²) in [5, 5.41) is 3.28. The second kappa shape index (κ2) is 5.54. The number of nitrogens with one attached hydrogen (secondary N) is 1. The van der Waals surface area contributed by atoms with Gasteiger partial charge in [0, 0.05) is 29.5 Å². The number of imidazole rings is 1. The van der Waals surface area contributed by atoms with Crippen LogP contribution in [0.3, 0.4) is 0 Å². The van der Waals surface area contributed by atoms with Crippen molar-refractivity contribution in [2.24, 2.45) is 7.05 Å². The molecule has 0 aliphatic rings. The van der Waals surface area contributed by atoms with Crippen molar-refractivity contribution in [1.29, 1.82) is 0 Å². The second-order valence-electron chi connectivity index (χ2n) is 4.00. The molecule has 96 valence electrons. The van der Waals surface area contributed by atoms with Gasteiger partial charge in [-0.05, 0) is 19.2 Å². The highest BCUT2D eigenvalue weighted by atomic mass is 79.9. The SMILES string of the molecule is CNC(c1ccc(Br)cc1OC)c1nccn1C. The molecule has 1 atom stereocenters. The minimum Gasteiger partial charge on any atom is -0.496 e. The number of nitrogens with zero attached hydrogens (tertiary/aromatic N) is 2. The summed E-state index contributed by atoms with van der Waals surface area (Å²) in [6, 6.07) is 6.01. The summed E-state index contributed by atoms with van der Waals surface area (Å²) in [5.41, 5.74) is 1.07. The summed E-state index contributed by atoms with van der Waals surface area (Å²) in [4.78, 5) is 4.39. The van der Waals surface area contributed by atoms with E-state index >= 15 is 0 Å². The molecule has 0 fully saturated rings. The number of rotatable bonds is 4. The van der Waals surface area contributed by atoms with Crippen LogP contribution in [0.5, 0.6) is 5.75 Å². The maximum absolute atomic E-state index is 5.44. The molecular formula is C13H16BrN3O. The normalized spacial score (nSPS) is 12.4. The Morgan fingerprint density at radius 3 is 2.78 bits per heavy atom. The molecule has 0 radical (unpaired) electrons. The Morgan fingerprint density at radius 2 is 2.22 bits per heavy atom. The molecule has 1 heterocycles. The fourth-order valence-electron chi connectivity index (χ4n) is 2.00. The van der Waals surface area contributed by atoms with Gasteiger partial charge < -0.3 is 14.6 Å². The fourth-order valence-corrected chi connectivity index (χ4v) is 2.34. The second-order valence-corrected chi connectivity index (χ2v) is 4.92. The van der Waals surface area contributed by atoms with E-state index in [9.17, 15) is 0 Å². The third-order valence-corrected chi connectivity index (χ3v) is 3.41. The first-order valence-electron chi connectivity index (χ1n) is 5.65. The smallest absolute Gasteiger partial charge is 0.130 e. The molecule has 2 aromatic rings. The molecule has 4 nitrogen and oxygen atoms in total. The van der Waals surface area contributed by atoms with E-state index in [1.165, 1.54) is 0 Å². The summed E-state index contributed by atoms with van der Waals surface area (Å²) < 4.78 is 8.44. The van der Waals surface area contributed by atoms with Crippen molar-refractivity contribution in [3.63, 3.8) is 0 Å². The van der Waals surface area contributed by atoms with Crippen LogP contribution < -0.4 is 10.1 Å². The number of aromatic nitrogens is 2. The molecule has 18 heavy (non-hydrogen) atoms. The highest BCUT2D eigenvalue weighted by Crippen LogP contribution is 2.31. The lowest BCUT2D eigenvalue weighted by Crippen LogP contribution is -2.21. The van der Waals surface area contributed by atoms with Crippen molar-refractivity contribution in [2.45, 2.75) is 6.04 Å². The van der Waals surface area contributed by atoms with Crippen LogP contribution in [0.1, 0.15) is 17.4 Å². The predicted molar refractivity (Wildman–Crippen MR) is 74.8 cm³/mol. The molecule has 0 bridgehead atoms. The standard InChI is InChI=1S/C13H16BrN3O/c1-15-12(13-16-6-7-17(13)2)10-5-4-9(14)8-11(10)18-3/h4-8,12,15H,1-3H3. The largest absolute Gasteiger partial charge is 0.496 e. The van der Waals surface area contributed by atoms with E-state index in [0.29, 0.717) is 0 Å². The van der Waals surface area contributed by atoms with Gasteiger partial charge in [0.2, 0.25) is 0 Å². The Labute approximate surface area is 115 Å². The zero-order chi connectivity index (χ0) is 13.1. The summed E-state index contributed by atoms with van der Waals surface area (Å²) in [7, 11) is 5.58. The monoisotopic (exact) mass is 309 g/mol. The molecule has 0 aliphatic carbocycles. The van der Waals surface area contributed by atoms with E-state index in [1.807, 2.05) is 43.1 Å². The first-order chi connectivity index (χ1) is 8.67. The van der Waals surface area contributed by atoms with Gasteiger partial charge in [-0.2, -0.15) is 0 Å². The highest BCUT2D eigenvalue weighted by molar-refractivity contribution is 9.10. The van der Waals surface area contributed by atoms with E-state index in [-0.39, 0.29) is 6.04 Å². The van der Waals surface area contributed by atoms with Gasteiger partial charge in [-0.1, -0.05) is 22.0 Å². The molecule has 0 aliphatic heterocycles. The molecule has 1 N–H and O–H groups in total. The summed E-state index contributed by atoms with van der Waals surface area (Å²) >= 11 is 3.45. The van der Waals surface area contributed by atoms with Gasteiger partial charge in [-0.25, -0.2) is 4.98 Å². The van der Waals surface area contributed by atoms with E-state index in [0.717, 1.165) is 21.6 Å². The first-order valence-corrected chi connectivity index (χ1v) is 6.44. The average Bonchev–Trinajstić information content (AvgIpc) is 2.78. The Bertz CT molecular complexity index is 539. The van der Waals surface area contributed by atoms with Gasteiger partial charge in [-0.15, -0.1) is 0 Å². The van der Waals surface area contributed by atoms with E-state index in [2.05, 4.69) is 26.2 Å². The van der Waals surface area contributed by atoms with E-state index < -0.39 is 0 Å². The Morgan fingerprint density at radius 1 is 1.44 bits per heavy atom. The van der Waals surface area contributed by atoms with Crippen LogP contribution in [0.2, 0.25) is 0 Å². The minimum absolute atomic E-state index is 0.00745. The number of hydrogen-bond acceptors (Lipinski definition) is 3. The number of aryl methyl sites for hydroxylation is 1. The van der Waals surface area contributed by atoms with Crippen LogP contribution in [-0.4, -0.2) is 23.7 Å². The Balaban J connectivity index is 2.48. The molecular weight excluding hydrogens is 294 g/mol. The van der Waals surface area contributed by atoms with E-state index in [4.69, 9.17) is 4.74 Å². The fraction of sp³-hybridized carbons (Fsp3) is 0.308. The predicted octanol–water partition coefficient (Wildman–Crippen LogP) is 2.50. The lowest BCUT2D eigenvalue weighted by atomic mass is 10.1. The van der Waals surface area contributed by atoms with Crippen LogP contribution >= 0.6 is 15.9 Å². The van der Waals surface area contributed by atoms with Gasteiger partial charge in [0.05, 0.1) is 13.2 Å². The number of methoxy groups -OCH3 is 1. The summed E-state index contributed by atoms with van der Waals surface area (Å²) in [5.74, 6) is 1.80. The number of hydrogen-bond donors (Lipinski definition) is 1. The van der Waals surface area contributed by atoms with Crippen molar-refractivity contribution >= 4 is 15.9 Å². The Kier molecular flexibility index (Phi) is 4.04. The third kappa shape index (κ3) is 2.42. The van der Waals surface area contributed by atoms with Crippen molar-refractivity contribution < 1.29 is 4.74 Å². The third-order valence-electron chi connectivity index (χ3n) is 2.91. The van der Waals surface area contributed by atoms with Crippen molar-refractivity contribution in [3.8, 4) is 5.75 Å². The van der Waals surface area contributed by atoms with Crippen LogP contribution in [0, 0.1) is 0 Å². The number of halogens is 1. The van der Waals surface area contributed by atoms with Crippen LogP contribution in [0.4, 0.5) is 0 Å². The average molecular weight is 310 g/mol. The molecule has 0 saturated heterocycles. The van der Waals surface area contributed by atoms with Crippen molar-refractivity contribution in [2.75, 3.05) is 14.2 Å². The maximum atomic E-state index is 5.44. The lowest BCUT2D eigenvalue weighted by Gasteiger charge is -2.19. The molecule has 1 unspecified atom stereocenters. The zero-order valence-corrected chi connectivity index (χ0v) is 12.2.